The molecule has 19 heavy (non-hydrogen) atoms. The van der Waals surface area contributed by atoms with E-state index < -0.39 is 23.2 Å². The molecule has 2 rings (SSSR count). The molecule has 2 unspecified atom stereocenters. The van der Waals surface area contributed by atoms with Crippen LogP contribution in [0.15, 0.2) is 16.7 Å². The number of carboxylic acid groups (broad SMARTS) is 1. The van der Waals surface area contributed by atoms with Crippen LogP contribution in [0.25, 0.3) is 0 Å². The first-order valence-electron chi connectivity index (χ1n) is 5.91. The molecule has 0 aromatic carbocycles. The van der Waals surface area contributed by atoms with Gasteiger partial charge in [-0.3, -0.25) is 9.59 Å². The first kappa shape index (κ1) is 14.0. The van der Waals surface area contributed by atoms with E-state index in [1.165, 1.54) is 0 Å². The minimum atomic E-state index is -0.925. The number of nitrogens with zero attached hydrogens (tertiary/aromatic N) is 1. The third-order valence-corrected chi connectivity index (χ3v) is 4.10. The van der Waals surface area contributed by atoms with Crippen LogP contribution in [0.5, 0.6) is 0 Å². The Morgan fingerprint density at radius 3 is 2.53 bits per heavy atom. The topological polar surface area (TPSA) is 79.3 Å². The summed E-state index contributed by atoms with van der Waals surface area (Å²) in [4.78, 5) is 27.3. The number of anilines is 1. The molecule has 1 heterocycles. The number of nitrogens with one attached hydrogen (secondary N) is 1. The Morgan fingerprint density at radius 2 is 2.05 bits per heavy atom. The fraction of sp³-hybridized carbons (Fsp3) is 0.462. The maximum atomic E-state index is 12.1. The molecule has 1 aliphatic carbocycles. The van der Waals surface area contributed by atoms with Gasteiger partial charge >= 0.3 is 5.97 Å². The molecule has 0 saturated heterocycles. The average molecular weight is 327 g/mol. The second-order valence-electron chi connectivity index (χ2n) is 5.42. The van der Waals surface area contributed by atoms with Crippen LogP contribution in [0.2, 0.25) is 0 Å². The van der Waals surface area contributed by atoms with Gasteiger partial charge in [0.05, 0.1) is 11.8 Å². The van der Waals surface area contributed by atoms with E-state index in [9.17, 15) is 9.59 Å². The predicted molar refractivity (Wildman–Crippen MR) is 73.7 cm³/mol. The van der Waals surface area contributed by atoms with Gasteiger partial charge in [-0.15, -0.1) is 0 Å². The van der Waals surface area contributed by atoms with Crippen molar-refractivity contribution in [2.45, 2.75) is 20.8 Å². The van der Waals surface area contributed by atoms with Crippen molar-refractivity contribution in [3.63, 3.8) is 0 Å². The Morgan fingerprint density at radius 1 is 1.42 bits per heavy atom. The fourth-order valence-electron chi connectivity index (χ4n) is 2.45. The predicted octanol–water partition coefficient (Wildman–Crippen LogP) is 2.45. The summed E-state index contributed by atoms with van der Waals surface area (Å²) < 4.78 is 0.832. The van der Waals surface area contributed by atoms with Gasteiger partial charge in [-0.25, -0.2) is 4.98 Å². The summed E-state index contributed by atoms with van der Waals surface area (Å²) in [5.41, 5.74) is 0.326. The lowest BCUT2D eigenvalue weighted by molar-refractivity contribution is -0.140. The highest BCUT2D eigenvalue weighted by Crippen LogP contribution is 2.58. The largest absolute Gasteiger partial charge is 0.481 e. The number of aryl methyl sites for hydroxylation is 1. The number of carboxylic acids is 1. The second-order valence-corrected chi connectivity index (χ2v) is 6.34. The van der Waals surface area contributed by atoms with Gasteiger partial charge in [0.15, 0.2) is 0 Å². The van der Waals surface area contributed by atoms with Gasteiger partial charge in [0, 0.05) is 10.7 Å². The lowest BCUT2D eigenvalue weighted by Gasteiger charge is -2.08. The Bertz CT molecular complexity index is 557. The van der Waals surface area contributed by atoms with E-state index in [4.69, 9.17) is 5.11 Å². The zero-order chi connectivity index (χ0) is 14.4. The van der Waals surface area contributed by atoms with Gasteiger partial charge in [0.1, 0.15) is 5.82 Å². The van der Waals surface area contributed by atoms with Crippen molar-refractivity contribution in [1.82, 2.24) is 4.98 Å². The van der Waals surface area contributed by atoms with Gasteiger partial charge in [-0.2, -0.15) is 0 Å². The van der Waals surface area contributed by atoms with Crippen LogP contribution in [-0.2, 0) is 9.59 Å². The van der Waals surface area contributed by atoms with E-state index in [2.05, 4.69) is 26.2 Å². The third-order valence-electron chi connectivity index (χ3n) is 3.66. The van der Waals surface area contributed by atoms with E-state index in [1.54, 1.807) is 20.0 Å². The molecule has 0 aliphatic heterocycles. The summed E-state index contributed by atoms with van der Waals surface area (Å²) in [6.07, 6.45) is 1.59. The van der Waals surface area contributed by atoms with E-state index in [0.29, 0.717) is 5.82 Å². The maximum absolute atomic E-state index is 12.1. The number of aromatic nitrogens is 1. The molecule has 102 valence electrons. The number of hydrogen-bond donors (Lipinski definition) is 2. The van der Waals surface area contributed by atoms with Crippen molar-refractivity contribution in [3.8, 4) is 0 Å². The highest BCUT2D eigenvalue weighted by atomic mass is 79.9. The summed E-state index contributed by atoms with van der Waals surface area (Å²) in [7, 11) is 0. The standard InChI is InChI=1S/C13H15BrN2O3/c1-6-4-7(14)5-15-10(6)16-11(17)8-9(12(18)19)13(8,2)3/h4-5,8-9H,1-3H3,(H,18,19)(H,15,16,17). The maximum Gasteiger partial charge on any atom is 0.307 e. The molecule has 5 nitrogen and oxygen atoms in total. The molecule has 0 radical (unpaired) electrons. The quantitative estimate of drug-likeness (QED) is 0.894. The first-order chi connectivity index (χ1) is 8.75. The molecule has 1 amide bonds. The van der Waals surface area contributed by atoms with Crippen LogP contribution in [0.1, 0.15) is 19.4 Å². The van der Waals surface area contributed by atoms with Crippen LogP contribution in [0.3, 0.4) is 0 Å². The number of amides is 1. The van der Waals surface area contributed by atoms with E-state index in [0.717, 1.165) is 10.0 Å². The van der Waals surface area contributed by atoms with E-state index in [1.807, 2.05) is 13.0 Å². The van der Waals surface area contributed by atoms with Crippen molar-refractivity contribution in [1.29, 1.82) is 0 Å². The average Bonchev–Trinajstić information content (AvgIpc) is 2.86. The van der Waals surface area contributed by atoms with Crippen LogP contribution in [0.4, 0.5) is 5.82 Å². The molecule has 1 saturated carbocycles. The highest BCUT2D eigenvalue weighted by Gasteiger charge is 2.65. The molecular formula is C13H15BrN2O3. The van der Waals surface area contributed by atoms with Crippen molar-refractivity contribution in [3.05, 3.63) is 22.3 Å². The molecule has 1 aliphatic rings. The summed E-state index contributed by atoms with van der Waals surface area (Å²) in [6, 6.07) is 1.84. The zero-order valence-corrected chi connectivity index (χ0v) is 12.5. The summed E-state index contributed by atoms with van der Waals surface area (Å²) >= 11 is 3.30. The molecule has 0 spiro atoms. The Labute approximate surface area is 119 Å². The normalized spacial score (nSPS) is 23.8. The lowest BCUT2D eigenvalue weighted by atomic mass is 10.1. The summed E-state index contributed by atoms with van der Waals surface area (Å²) in [5.74, 6) is -1.86. The summed E-state index contributed by atoms with van der Waals surface area (Å²) in [5, 5.41) is 11.8. The van der Waals surface area contributed by atoms with Crippen LogP contribution >= 0.6 is 15.9 Å². The number of aliphatic carboxylic acids is 1. The Balaban J connectivity index is 2.13. The Kier molecular flexibility index (Phi) is 3.38. The van der Waals surface area contributed by atoms with E-state index in [-0.39, 0.29) is 5.91 Å². The van der Waals surface area contributed by atoms with E-state index >= 15 is 0 Å². The molecule has 2 N–H and O–H groups in total. The van der Waals surface area contributed by atoms with Gasteiger partial charge in [-0.05, 0) is 39.9 Å². The molecular weight excluding hydrogens is 312 g/mol. The molecule has 2 atom stereocenters. The van der Waals surface area contributed by atoms with Crippen LogP contribution in [0, 0.1) is 24.2 Å². The molecule has 1 aromatic rings. The van der Waals surface area contributed by atoms with Crippen molar-refractivity contribution < 1.29 is 14.7 Å². The fourth-order valence-corrected chi connectivity index (χ4v) is 2.90. The Hall–Kier alpha value is -1.43. The SMILES string of the molecule is Cc1cc(Br)cnc1NC(=O)C1C(C(=O)O)C1(C)C. The minimum absolute atomic E-state index is 0.282. The number of halogens is 1. The van der Waals surface area contributed by atoms with Gasteiger partial charge in [0.25, 0.3) is 0 Å². The monoisotopic (exact) mass is 326 g/mol. The van der Waals surface area contributed by atoms with Crippen molar-refractivity contribution in [2.75, 3.05) is 5.32 Å². The third kappa shape index (κ3) is 2.49. The minimum Gasteiger partial charge on any atom is -0.481 e. The first-order valence-corrected chi connectivity index (χ1v) is 6.70. The highest BCUT2D eigenvalue weighted by molar-refractivity contribution is 9.10. The number of rotatable bonds is 3. The molecule has 6 heteroatoms. The van der Waals surface area contributed by atoms with Crippen molar-refractivity contribution >= 4 is 33.6 Å². The summed E-state index contributed by atoms with van der Waals surface area (Å²) in [6.45, 7) is 5.41. The van der Waals surface area contributed by atoms with Crippen LogP contribution < -0.4 is 5.32 Å². The smallest absolute Gasteiger partial charge is 0.307 e. The number of carbonyl (C=O) groups is 2. The lowest BCUT2D eigenvalue weighted by Crippen LogP contribution is -2.19. The number of carbonyl (C=O) groups excluding carboxylic acids is 1. The second kappa shape index (κ2) is 4.59. The van der Waals surface area contributed by atoms with Crippen molar-refractivity contribution in [2.24, 2.45) is 17.3 Å². The van der Waals surface area contributed by atoms with Gasteiger partial charge < -0.3 is 10.4 Å². The molecule has 1 fully saturated rings. The zero-order valence-electron chi connectivity index (χ0n) is 10.9. The number of pyridine rings is 1. The van der Waals surface area contributed by atoms with Crippen LogP contribution in [-0.4, -0.2) is 22.0 Å². The van der Waals surface area contributed by atoms with Gasteiger partial charge in [0.2, 0.25) is 5.91 Å². The number of hydrogen-bond acceptors (Lipinski definition) is 3. The van der Waals surface area contributed by atoms with Gasteiger partial charge in [-0.1, -0.05) is 13.8 Å². The molecule has 0 bridgehead atoms. The molecule has 1 aromatic heterocycles.